The second-order valence-electron chi connectivity index (χ2n) is 5.65. The van der Waals surface area contributed by atoms with Gasteiger partial charge in [-0.05, 0) is 35.7 Å². The van der Waals surface area contributed by atoms with E-state index >= 15 is 0 Å². The number of ether oxygens (including phenoxy) is 1. The van der Waals surface area contributed by atoms with Gasteiger partial charge in [0, 0.05) is 5.69 Å². The highest BCUT2D eigenvalue weighted by molar-refractivity contribution is 6.39. The predicted molar refractivity (Wildman–Crippen MR) is 94.1 cm³/mol. The Morgan fingerprint density at radius 1 is 0.958 bits per heavy atom. The van der Waals surface area contributed by atoms with Crippen molar-refractivity contribution in [3.8, 4) is 5.75 Å². The van der Waals surface area contributed by atoms with Gasteiger partial charge in [0.05, 0.1) is 6.54 Å². The fourth-order valence-corrected chi connectivity index (χ4v) is 2.07. The molecule has 0 aliphatic rings. The van der Waals surface area contributed by atoms with Crippen LogP contribution in [0, 0.1) is 0 Å². The fraction of sp³-hybridized carbons (Fsp3) is 0.263. The topological polar surface area (TPSA) is 67.4 Å². The SMILES string of the molecule is CC(C)c1ccc(NC(=O)C(=O)NCCOc2ccccc2)cc1. The molecule has 126 valence electrons. The van der Waals surface area contributed by atoms with E-state index in [0.29, 0.717) is 18.2 Å². The van der Waals surface area contributed by atoms with Crippen LogP contribution >= 0.6 is 0 Å². The molecule has 0 radical (unpaired) electrons. The molecule has 0 saturated heterocycles. The van der Waals surface area contributed by atoms with Crippen molar-refractivity contribution in [2.24, 2.45) is 0 Å². The first-order chi connectivity index (χ1) is 11.6. The lowest BCUT2D eigenvalue weighted by molar-refractivity contribution is -0.136. The minimum atomic E-state index is -0.688. The monoisotopic (exact) mass is 326 g/mol. The lowest BCUT2D eigenvalue weighted by Gasteiger charge is -2.09. The van der Waals surface area contributed by atoms with Crippen molar-refractivity contribution in [2.75, 3.05) is 18.5 Å². The molecule has 24 heavy (non-hydrogen) atoms. The first kappa shape index (κ1) is 17.5. The molecular formula is C19H22N2O3. The molecule has 2 amide bonds. The maximum Gasteiger partial charge on any atom is 0.313 e. The van der Waals surface area contributed by atoms with E-state index in [1.54, 1.807) is 12.1 Å². The molecule has 0 spiro atoms. The molecule has 0 aromatic heterocycles. The number of hydrogen-bond acceptors (Lipinski definition) is 3. The number of para-hydroxylation sites is 1. The summed E-state index contributed by atoms with van der Waals surface area (Å²) in [6.45, 7) is 4.75. The third kappa shape index (κ3) is 5.43. The number of rotatable bonds is 6. The quantitative estimate of drug-likeness (QED) is 0.633. The maximum atomic E-state index is 11.8. The standard InChI is InChI=1S/C19H22N2O3/c1-14(2)15-8-10-16(11-9-15)21-19(23)18(22)20-12-13-24-17-6-4-3-5-7-17/h3-11,14H,12-13H2,1-2H3,(H,20,22)(H,21,23). The first-order valence-corrected chi connectivity index (χ1v) is 7.93. The minimum Gasteiger partial charge on any atom is -0.492 e. The molecule has 2 aromatic carbocycles. The van der Waals surface area contributed by atoms with Crippen molar-refractivity contribution in [1.82, 2.24) is 5.32 Å². The van der Waals surface area contributed by atoms with Crippen LogP contribution in [0.3, 0.4) is 0 Å². The van der Waals surface area contributed by atoms with Crippen molar-refractivity contribution < 1.29 is 14.3 Å². The molecule has 2 aromatic rings. The van der Waals surface area contributed by atoms with E-state index < -0.39 is 11.8 Å². The van der Waals surface area contributed by atoms with E-state index in [4.69, 9.17) is 4.74 Å². The minimum absolute atomic E-state index is 0.257. The molecule has 0 unspecified atom stereocenters. The average molecular weight is 326 g/mol. The zero-order chi connectivity index (χ0) is 17.4. The summed E-state index contributed by atoms with van der Waals surface area (Å²) in [6.07, 6.45) is 0. The normalized spacial score (nSPS) is 10.3. The van der Waals surface area contributed by atoms with E-state index in [9.17, 15) is 9.59 Å². The van der Waals surface area contributed by atoms with Crippen LogP contribution < -0.4 is 15.4 Å². The summed E-state index contributed by atoms with van der Waals surface area (Å²) in [5.74, 6) is -0.226. The number of carbonyl (C=O) groups excluding carboxylic acids is 2. The molecule has 0 heterocycles. The first-order valence-electron chi connectivity index (χ1n) is 7.93. The smallest absolute Gasteiger partial charge is 0.313 e. The molecule has 2 rings (SSSR count). The van der Waals surface area contributed by atoms with Crippen LogP contribution in [0.15, 0.2) is 54.6 Å². The van der Waals surface area contributed by atoms with Gasteiger partial charge in [0.2, 0.25) is 0 Å². The number of benzene rings is 2. The highest BCUT2D eigenvalue weighted by Gasteiger charge is 2.13. The van der Waals surface area contributed by atoms with Crippen LogP contribution in [0.25, 0.3) is 0 Å². The predicted octanol–water partition coefficient (Wildman–Crippen LogP) is 2.94. The van der Waals surface area contributed by atoms with Gasteiger partial charge in [-0.3, -0.25) is 9.59 Å². The Morgan fingerprint density at radius 3 is 2.25 bits per heavy atom. The molecule has 0 aliphatic heterocycles. The molecule has 5 nitrogen and oxygen atoms in total. The van der Waals surface area contributed by atoms with Crippen LogP contribution in [0.4, 0.5) is 5.69 Å². The summed E-state index contributed by atoms with van der Waals surface area (Å²) in [4.78, 5) is 23.6. The summed E-state index contributed by atoms with van der Waals surface area (Å²) in [5, 5.41) is 5.10. The van der Waals surface area contributed by atoms with Crippen LogP contribution in [0.1, 0.15) is 25.3 Å². The Labute approximate surface area is 142 Å². The van der Waals surface area contributed by atoms with Gasteiger partial charge < -0.3 is 15.4 Å². The molecule has 0 aliphatic carbocycles. The summed E-state index contributed by atoms with van der Waals surface area (Å²) >= 11 is 0. The average Bonchev–Trinajstić information content (AvgIpc) is 2.60. The Balaban J connectivity index is 1.72. The van der Waals surface area contributed by atoms with Gasteiger partial charge in [-0.15, -0.1) is 0 Å². The number of hydrogen-bond donors (Lipinski definition) is 2. The van der Waals surface area contributed by atoms with Crippen molar-refractivity contribution in [3.63, 3.8) is 0 Å². The maximum absolute atomic E-state index is 11.8. The Hall–Kier alpha value is -2.82. The van der Waals surface area contributed by atoms with Crippen molar-refractivity contribution >= 4 is 17.5 Å². The van der Waals surface area contributed by atoms with Gasteiger partial charge in [0.15, 0.2) is 0 Å². The van der Waals surface area contributed by atoms with Crippen LogP contribution in [-0.2, 0) is 9.59 Å². The van der Waals surface area contributed by atoms with E-state index in [2.05, 4.69) is 24.5 Å². The van der Waals surface area contributed by atoms with E-state index in [0.717, 1.165) is 5.75 Å². The third-order valence-corrected chi connectivity index (χ3v) is 3.44. The Kier molecular flexibility index (Phi) is 6.37. The van der Waals surface area contributed by atoms with E-state index in [1.165, 1.54) is 5.56 Å². The van der Waals surface area contributed by atoms with Crippen LogP contribution in [0.2, 0.25) is 0 Å². The zero-order valence-corrected chi connectivity index (χ0v) is 13.9. The number of amides is 2. The largest absolute Gasteiger partial charge is 0.492 e. The van der Waals surface area contributed by atoms with Gasteiger partial charge >= 0.3 is 11.8 Å². The molecule has 0 saturated carbocycles. The van der Waals surface area contributed by atoms with Gasteiger partial charge in [-0.25, -0.2) is 0 Å². The van der Waals surface area contributed by atoms with Crippen molar-refractivity contribution in [1.29, 1.82) is 0 Å². The highest BCUT2D eigenvalue weighted by atomic mass is 16.5. The summed E-state index contributed by atoms with van der Waals surface area (Å²) < 4.78 is 5.44. The summed E-state index contributed by atoms with van der Waals surface area (Å²) in [5.41, 5.74) is 1.77. The molecule has 5 heteroatoms. The third-order valence-electron chi connectivity index (χ3n) is 3.44. The fourth-order valence-electron chi connectivity index (χ4n) is 2.07. The van der Waals surface area contributed by atoms with Gasteiger partial charge in [0.25, 0.3) is 0 Å². The second-order valence-corrected chi connectivity index (χ2v) is 5.65. The molecular weight excluding hydrogens is 304 g/mol. The number of carbonyl (C=O) groups is 2. The summed E-state index contributed by atoms with van der Waals surface area (Å²) in [7, 11) is 0. The summed E-state index contributed by atoms with van der Waals surface area (Å²) in [6, 6.07) is 16.7. The Morgan fingerprint density at radius 2 is 1.62 bits per heavy atom. The number of nitrogens with one attached hydrogen (secondary N) is 2. The lowest BCUT2D eigenvalue weighted by Crippen LogP contribution is -2.37. The highest BCUT2D eigenvalue weighted by Crippen LogP contribution is 2.17. The zero-order valence-electron chi connectivity index (χ0n) is 13.9. The van der Waals surface area contributed by atoms with Gasteiger partial charge in [-0.2, -0.15) is 0 Å². The van der Waals surface area contributed by atoms with E-state index in [1.807, 2.05) is 42.5 Å². The van der Waals surface area contributed by atoms with Crippen LogP contribution in [0.5, 0.6) is 5.75 Å². The van der Waals surface area contributed by atoms with Crippen LogP contribution in [-0.4, -0.2) is 25.0 Å². The molecule has 0 fully saturated rings. The second kappa shape index (κ2) is 8.72. The molecule has 0 bridgehead atoms. The van der Waals surface area contributed by atoms with E-state index in [-0.39, 0.29) is 6.54 Å². The molecule has 0 atom stereocenters. The van der Waals surface area contributed by atoms with Gasteiger partial charge in [-0.1, -0.05) is 44.2 Å². The molecule has 2 N–H and O–H groups in total. The van der Waals surface area contributed by atoms with Crippen molar-refractivity contribution in [3.05, 3.63) is 60.2 Å². The lowest BCUT2D eigenvalue weighted by atomic mass is 10.0. The Bertz CT molecular complexity index is 667. The number of anilines is 1. The van der Waals surface area contributed by atoms with Gasteiger partial charge in [0.1, 0.15) is 12.4 Å². The van der Waals surface area contributed by atoms with Crippen molar-refractivity contribution in [2.45, 2.75) is 19.8 Å².